The van der Waals surface area contributed by atoms with Crippen molar-refractivity contribution >= 4 is 39.6 Å². The van der Waals surface area contributed by atoms with Gasteiger partial charge in [-0.2, -0.15) is 0 Å². The fourth-order valence-corrected chi connectivity index (χ4v) is 7.69. The summed E-state index contributed by atoms with van der Waals surface area (Å²) in [6.07, 6.45) is 5.16. The number of hydrogen-bond donors (Lipinski definition) is 2. The highest BCUT2D eigenvalue weighted by atomic mass is 79.9. The molecule has 3 saturated heterocycles. The van der Waals surface area contributed by atoms with Crippen LogP contribution >= 0.6 is 15.9 Å². The molecule has 1 aromatic rings. The number of aliphatic hydroxyl groups excluding tert-OH is 1. The van der Waals surface area contributed by atoms with Gasteiger partial charge in [0, 0.05) is 37.5 Å². The summed E-state index contributed by atoms with van der Waals surface area (Å²) in [5, 5.41) is 12.0. The van der Waals surface area contributed by atoms with Crippen molar-refractivity contribution < 1.29 is 33.8 Å². The lowest BCUT2D eigenvalue weighted by atomic mass is 9.70. The van der Waals surface area contributed by atoms with Crippen LogP contribution in [0.2, 0.25) is 0 Å². The van der Waals surface area contributed by atoms with Crippen molar-refractivity contribution in [3.8, 4) is 0 Å². The van der Waals surface area contributed by atoms with Crippen molar-refractivity contribution in [2.24, 2.45) is 11.8 Å². The van der Waals surface area contributed by atoms with Gasteiger partial charge in [-0.1, -0.05) is 58.4 Å². The highest BCUT2D eigenvalue weighted by Crippen LogP contribution is 2.60. The Morgan fingerprint density at radius 3 is 2.66 bits per heavy atom. The molecule has 0 aromatic heterocycles. The van der Waals surface area contributed by atoms with Crippen molar-refractivity contribution in [3.05, 3.63) is 61.2 Å². The first-order chi connectivity index (χ1) is 21.2. The molecular formula is C33H44BrN3O7. The number of carbonyl (C=O) groups excluding carboxylic acids is 4. The molecule has 7 atom stereocenters. The van der Waals surface area contributed by atoms with Crippen LogP contribution in [0.4, 0.5) is 0 Å². The Balaban J connectivity index is 1.59. The average molecular weight is 675 g/mol. The molecule has 3 aliphatic heterocycles. The molecule has 3 heterocycles. The van der Waals surface area contributed by atoms with Crippen molar-refractivity contribution in [1.82, 2.24) is 15.1 Å². The Hall–Kier alpha value is -3.02. The number of halogens is 1. The third-order valence-electron chi connectivity index (χ3n) is 8.71. The number of rotatable bonds is 17. The molecule has 0 aliphatic carbocycles. The summed E-state index contributed by atoms with van der Waals surface area (Å²) in [6.45, 7) is 10.3. The summed E-state index contributed by atoms with van der Waals surface area (Å²) in [7, 11) is 0. The first kappa shape index (κ1) is 33.9. The van der Waals surface area contributed by atoms with Crippen LogP contribution in [0.3, 0.4) is 0 Å². The zero-order valence-corrected chi connectivity index (χ0v) is 27.0. The van der Waals surface area contributed by atoms with Gasteiger partial charge in [0.25, 0.3) is 0 Å². The number of allylic oxidation sites excluding steroid dienone is 1. The normalized spacial score (nSPS) is 27.5. The zero-order chi connectivity index (χ0) is 31.9. The van der Waals surface area contributed by atoms with E-state index in [1.165, 1.54) is 0 Å². The molecular weight excluding hydrogens is 630 g/mol. The summed E-state index contributed by atoms with van der Waals surface area (Å²) in [5.74, 6) is -3.07. The van der Waals surface area contributed by atoms with Gasteiger partial charge in [0.15, 0.2) is 0 Å². The van der Waals surface area contributed by atoms with Gasteiger partial charge in [-0.05, 0) is 44.6 Å². The van der Waals surface area contributed by atoms with Crippen molar-refractivity contribution in [2.45, 2.75) is 80.7 Å². The van der Waals surface area contributed by atoms with Crippen molar-refractivity contribution in [3.63, 3.8) is 0 Å². The number of aliphatic hydroxyl groups is 1. The summed E-state index contributed by atoms with van der Waals surface area (Å²) in [5.41, 5.74) is -0.260. The molecule has 4 rings (SSSR count). The van der Waals surface area contributed by atoms with E-state index in [-0.39, 0.29) is 42.2 Å². The molecule has 10 nitrogen and oxygen atoms in total. The minimum absolute atomic E-state index is 0.0456. The Bertz CT molecular complexity index is 1210. The molecule has 3 amide bonds. The smallest absolute Gasteiger partial charge is 0.312 e. The quantitative estimate of drug-likeness (QED) is 0.113. The van der Waals surface area contributed by atoms with Crippen molar-refractivity contribution in [2.75, 3.05) is 26.2 Å². The van der Waals surface area contributed by atoms with Crippen LogP contribution in [0.5, 0.6) is 0 Å². The lowest BCUT2D eigenvalue weighted by Crippen LogP contribution is -2.56. The van der Waals surface area contributed by atoms with Gasteiger partial charge >= 0.3 is 5.97 Å². The second-order valence-corrected chi connectivity index (χ2v) is 13.0. The van der Waals surface area contributed by atoms with Gasteiger partial charge in [0.2, 0.25) is 17.7 Å². The summed E-state index contributed by atoms with van der Waals surface area (Å²) in [6, 6.07) is 8.69. The van der Waals surface area contributed by atoms with E-state index >= 15 is 0 Å². The highest BCUT2D eigenvalue weighted by molar-refractivity contribution is 9.09. The molecule has 2 N–H and O–H groups in total. The second-order valence-electron chi connectivity index (χ2n) is 11.9. The number of benzene rings is 1. The number of carbonyl (C=O) groups is 4. The fourth-order valence-electron chi connectivity index (χ4n) is 6.75. The molecule has 1 unspecified atom stereocenters. The lowest BCUT2D eigenvalue weighted by Gasteiger charge is -2.37. The largest absolute Gasteiger partial charge is 0.460 e. The Kier molecular flexibility index (Phi) is 11.8. The number of alkyl halides is 1. The third kappa shape index (κ3) is 7.10. The second kappa shape index (κ2) is 15.3. The first-order valence-electron chi connectivity index (χ1n) is 15.4. The molecule has 0 saturated carbocycles. The molecule has 2 bridgehead atoms. The predicted molar refractivity (Wildman–Crippen MR) is 168 cm³/mol. The van der Waals surface area contributed by atoms with E-state index in [0.29, 0.717) is 51.6 Å². The van der Waals surface area contributed by atoms with Gasteiger partial charge in [-0.25, -0.2) is 0 Å². The number of likely N-dealkylation sites (tertiary alicyclic amines) is 1. The van der Waals surface area contributed by atoms with Crippen LogP contribution in [0.15, 0.2) is 55.6 Å². The van der Waals surface area contributed by atoms with Crippen LogP contribution in [0.25, 0.3) is 0 Å². The molecule has 0 radical (unpaired) electrons. The van der Waals surface area contributed by atoms with Crippen molar-refractivity contribution in [1.29, 1.82) is 0 Å². The molecule has 240 valence electrons. The first-order valence-corrected chi connectivity index (χ1v) is 16.3. The standard InChI is InChI=1S/C33H44BrN3O7/c1-4-6-15-25(39)35-20-22(3)43-32(42)26-27-30(40)37(17-11-8-12-18-38)29(33(27)19-24(34)28(26)44-33)31(41)36(16-5-2)21-23-13-9-7-10-14-23/h4-5,7,9-10,13-14,22,24,26-29,38H,1-2,6,8,11-12,15-21H2,3H3,(H,35,39)/t22-,24?,26-,27+,28-,29-,33+/m0/s1. The monoisotopic (exact) mass is 673 g/mol. The number of unbranched alkanes of at least 4 members (excludes halogenated alkanes) is 2. The molecule has 44 heavy (non-hydrogen) atoms. The number of hydrogen-bond acceptors (Lipinski definition) is 7. The van der Waals surface area contributed by atoms with Gasteiger partial charge in [-0.3, -0.25) is 19.2 Å². The van der Waals surface area contributed by atoms with Crippen LogP contribution < -0.4 is 5.32 Å². The topological polar surface area (TPSA) is 125 Å². The van der Waals surface area contributed by atoms with Crippen LogP contribution in [0.1, 0.15) is 51.0 Å². The Labute approximate surface area is 267 Å². The number of nitrogens with zero attached hydrogens (tertiary/aromatic N) is 2. The summed E-state index contributed by atoms with van der Waals surface area (Å²) < 4.78 is 12.4. The maximum absolute atomic E-state index is 14.5. The summed E-state index contributed by atoms with van der Waals surface area (Å²) in [4.78, 5) is 57.5. The van der Waals surface area contributed by atoms with E-state index < -0.39 is 41.7 Å². The molecule has 1 aromatic carbocycles. The number of esters is 1. The third-order valence-corrected chi connectivity index (χ3v) is 9.55. The van der Waals surface area contributed by atoms with Gasteiger partial charge < -0.3 is 29.7 Å². The zero-order valence-electron chi connectivity index (χ0n) is 25.4. The maximum Gasteiger partial charge on any atom is 0.312 e. The number of fused-ring (bicyclic) bond motifs is 1. The molecule has 1 spiro atoms. The van der Waals surface area contributed by atoms with Crippen LogP contribution in [-0.4, -0.2) is 93.5 Å². The van der Waals surface area contributed by atoms with Gasteiger partial charge in [0.1, 0.15) is 17.7 Å². The van der Waals surface area contributed by atoms with E-state index in [2.05, 4.69) is 34.4 Å². The van der Waals surface area contributed by atoms with E-state index in [4.69, 9.17) is 9.47 Å². The molecule has 3 aliphatic rings. The lowest BCUT2D eigenvalue weighted by molar-refractivity contribution is -0.159. The summed E-state index contributed by atoms with van der Waals surface area (Å²) >= 11 is 3.69. The van der Waals surface area contributed by atoms with E-state index in [1.807, 2.05) is 30.3 Å². The SMILES string of the molecule is C=CCCC(=O)NC[C@H](C)OC(=O)[C@@H]1[C@H]2O[C@@]3(CC2Br)[C@H](C(=O)N(CC=C)Cc2ccccc2)N(CCCCCO)C(=O)[C@@H]13. The minimum Gasteiger partial charge on any atom is -0.460 e. The predicted octanol–water partition coefficient (Wildman–Crippen LogP) is 3.13. The average Bonchev–Trinajstić information content (AvgIpc) is 3.60. The Morgan fingerprint density at radius 1 is 1.23 bits per heavy atom. The highest BCUT2D eigenvalue weighted by Gasteiger charge is 2.77. The number of ether oxygens (including phenoxy) is 2. The fraction of sp³-hybridized carbons (Fsp3) is 0.576. The number of nitrogens with one attached hydrogen (secondary N) is 1. The Morgan fingerprint density at radius 2 is 1.98 bits per heavy atom. The van der Waals surface area contributed by atoms with E-state index in [9.17, 15) is 24.3 Å². The molecule has 3 fully saturated rings. The van der Waals surface area contributed by atoms with Gasteiger partial charge in [-0.15, -0.1) is 13.2 Å². The van der Waals surface area contributed by atoms with E-state index in [1.54, 1.807) is 28.9 Å². The van der Waals surface area contributed by atoms with Crippen LogP contribution in [-0.2, 0) is 35.2 Å². The van der Waals surface area contributed by atoms with Crippen LogP contribution in [0, 0.1) is 11.8 Å². The number of amides is 3. The van der Waals surface area contributed by atoms with E-state index in [0.717, 1.165) is 5.56 Å². The van der Waals surface area contributed by atoms with Gasteiger partial charge in [0.05, 0.1) is 24.5 Å². The minimum atomic E-state index is -1.20. The molecule has 11 heteroatoms. The maximum atomic E-state index is 14.5.